The topological polar surface area (TPSA) is 99.0 Å². The first-order valence-corrected chi connectivity index (χ1v) is 8.42. The van der Waals surface area contributed by atoms with E-state index in [1.807, 2.05) is 30.3 Å². The lowest BCUT2D eigenvalue weighted by molar-refractivity contribution is -0.128. The number of hydrogen-bond donors (Lipinski definition) is 1. The minimum Gasteiger partial charge on any atom is -0.484 e. The van der Waals surface area contributed by atoms with Gasteiger partial charge in [0.25, 0.3) is 5.91 Å². The maximum Gasteiger partial charge on any atom is 0.258 e. The number of benzene rings is 2. The third-order valence-electron chi connectivity index (χ3n) is 3.93. The zero-order chi connectivity index (χ0) is 19.1. The summed E-state index contributed by atoms with van der Waals surface area (Å²) in [5.74, 6) is 0.0816. The van der Waals surface area contributed by atoms with Gasteiger partial charge in [0, 0.05) is 0 Å². The van der Waals surface area contributed by atoms with E-state index in [9.17, 15) is 9.59 Å². The third kappa shape index (κ3) is 5.21. The number of ketones is 1. The Morgan fingerprint density at radius 1 is 1.11 bits per heavy atom. The lowest BCUT2D eigenvalue weighted by atomic mass is 10.0. The Balaban J connectivity index is 1.52. The largest absolute Gasteiger partial charge is 0.484 e. The quantitative estimate of drug-likeness (QED) is 0.647. The molecule has 8 nitrogen and oxygen atoms in total. The van der Waals surface area contributed by atoms with Gasteiger partial charge in [-0.3, -0.25) is 9.59 Å². The number of aromatic nitrogens is 4. The fraction of sp³-hybridized carbons (Fsp3) is 0.211. The molecule has 3 rings (SSSR count). The molecule has 2 aromatic carbocycles. The van der Waals surface area contributed by atoms with Crippen molar-refractivity contribution >= 4 is 11.7 Å². The summed E-state index contributed by atoms with van der Waals surface area (Å²) in [6.45, 7) is 1.29. The summed E-state index contributed by atoms with van der Waals surface area (Å²) in [7, 11) is 0. The summed E-state index contributed by atoms with van der Waals surface area (Å²) in [4.78, 5) is 24.0. The van der Waals surface area contributed by atoms with Crippen molar-refractivity contribution in [2.75, 3.05) is 6.61 Å². The van der Waals surface area contributed by atoms with Crippen molar-refractivity contribution in [1.82, 2.24) is 25.5 Å². The van der Waals surface area contributed by atoms with Crippen LogP contribution in [0.25, 0.3) is 5.69 Å². The average Bonchev–Trinajstić information content (AvgIpc) is 3.22. The third-order valence-corrected chi connectivity index (χ3v) is 3.93. The monoisotopic (exact) mass is 365 g/mol. The predicted octanol–water partition coefficient (Wildman–Crippen LogP) is 1.36. The van der Waals surface area contributed by atoms with E-state index in [1.54, 1.807) is 24.3 Å². The van der Waals surface area contributed by atoms with Crippen molar-refractivity contribution in [3.63, 3.8) is 0 Å². The van der Waals surface area contributed by atoms with Gasteiger partial charge >= 0.3 is 0 Å². The molecule has 0 saturated heterocycles. The summed E-state index contributed by atoms with van der Waals surface area (Å²) in [6, 6.07) is 16.0. The number of amides is 1. The van der Waals surface area contributed by atoms with E-state index < -0.39 is 6.04 Å². The molecule has 0 fully saturated rings. The van der Waals surface area contributed by atoms with Gasteiger partial charge < -0.3 is 10.1 Å². The Morgan fingerprint density at radius 3 is 2.48 bits per heavy atom. The molecule has 0 spiro atoms. The van der Waals surface area contributed by atoms with Crippen molar-refractivity contribution in [3.05, 3.63) is 66.5 Å². The van der Waals surface area contributed by atoms with Crippen LogP contribution in [0.4, 0.5) is 0 Å². The van der Waals surface area contributed by atoms with Crippen LogP contribution in [0.2, 0.25) is 0 Å². The summed E-state index contributed by atoms with van der Waals surface area (Å²) in [5.41, 5.74) is 1.76. The van der Waals surface area contributed by atoms with Gasteiger partial charge in [0.1, 0.15) is 12.1 Å². The number of ether oxygens (including phenoxy) is 1. The van der Waals surface area contributed by atoms with Crippen molar-refractivity contribution in [1.29, 1.82) is 0 Å². The molecule has 138 valence electrons. The molecule has 0 unspecified atom stereocenters. The number of Topliss-reactive ketones (excluding diaryl/α,β-unsaturated/α-hetero) is 1. The van der Waals surface area contributed by atoms with Crippen LogP contribution >= 0.6 is 0 Å². The van der Waals surface area contributed by atoms with E-state index in [2.05, 4.69) is 20.8 Å². The van der Waals surface area contributed by atoms with Gasteiger partial charge in [0.05, 0.1) is 11.7 Å². The van der Waals surface area contributed by atoms with Gasteiger partial charge in [-0.05, 0) is 53.6 Å². The van der Waals surface area contributed by atoms with Crippen LogP contribution in [0.5, 0.6) is 5.75 Å². The molecule has 1 aromatic heterocycles. The minimum atomic E-state index is -0.578. The zero-order valence-electron chi connectivity index (χ0n) is 14.8. The highest BCUT2D eigenvalue weighted by Crippen LogP contribution is 2.14. The van der Waals surface area contributed by atoms with Crippen LogP contribution in [0.1, 0.15) is 12.5 Å². The molecule has 0 aliphatic carbocycles. The molecule has 0 bridgehead atoms. The molecule has 0 aliphatic heterocycles. The number of tetrazole rings is 1. The molecule has 1 atom stereocenters. The van der Waals surface area contributed by atoms with Crippen molar-refractivity contribution in [2.45, 2.75) is 19.4 Å². The van der Waals surface area contributed by atoms with E-state index >= 15 is 0 Å². The van der Waals surface area contributed by atoms with Crippen LogP contribution in [-0.2, 0) is 16.0 Å². The molecule has 27 heavy (non-hydrogen) atoms. The van der Waals surface area contributed by atoms with Crippen molar-refractivity contribution in [3.8, 4) is 11.4 Å². The van der Waals surface area contributed by atoms with E-state index in [1.165, 1.54) is 17.9 Å². The number of rotatable bonds is 8. The summed E-state index contributed by atoms with van der Waals surface area (Å²) in [5, 5.41) is 13.7. The van der Waals surface area contributed by atoms with Crippen molar-refractivity contribution < 1.29 is 14.3 Å². The van der Waals surface area contributed by atoms with E-state index in [-0.39, 0.29) is 18.3 Å². The Bertz CT molecular complexity index is 879. The average molecular weight is 365 g/mol. The van der Waals surface area contributed by atoms with Crippen LogP contribution in [0.15, 0.2) is 60.9 Å². The van der Waals surface area contributed by atoms with Crippen LogP contribution in [0, 0.1) is 0 Å². The Morgan fingerprint density at radius 2 is 1.85 bits per heavy atom. The van der Waals surface area contributed by atoms with Gasteiger partial charge in [-0.1, -0.05) is 30.3 Å². The number of nitrogens with one attached hydrogen (secondary N) is 1. The van der Waals surface area contributed by atoms with Gasteiger partial charge in [-0.2, -0.15) is 0 Å². The summed E-state index contributed by atoms with van der Waals surface area (Å²) < 4.78 is 7.00. The number of hydrogen-bond acceptors (Lipinski definition) is 6. The normalized spacial score (nSPS) is 11.6. The molecule has 3 aromatic rings. The highest BCUT2D eigenvalue weighted by Gasteiger charge is 2.17. The summed E-state index contributed by atoms with van der Waals surface area (Å²) in [6.07, 6.45) is 1.93. The van der Waals surface area contributed by atoms with Crippen molar-refractivity contribution in [2.24, 2.45) is 0 Å². The molecule has 1 N–H and O–H groups in total. The number of nitrogens with zero attached hydrogens (tertiary/aromatic N) is 4. The second-order valence-electron chi connectivity index (χ2n) is 5.96. The second kappa shape index (κ2) is 8.70. The molecule has 0 aliphatic rings. The fourth-order valence-corrected chi connectivity index (χ4v) is 2.51. The highest BCUT2D eigenvalue weighted by atomic mass is 16.5. The molecule has 8 heteroatoms. The molecule has 1 amide bonds. The zero-order valence-corrected chi connectivity index (χ0v) is 14.8. The Labute approximate surface area is 156 Å². The first-order chi connectivity index (χ1) is 13.1. The van der Waals surface area contributed by atoms with E-state index in [0.29, 0.717) is 12.2 Å². The van der Waals surface area contributed by atoms with Gasteiger partial charge in [-0.15, -0.1) is 5.10 Å². The van der Waals surface area contributed by atoms with Crippen LogP contribution < -0.4 is 10.1 Å². The van der Waals surface area contributed by atoms with E-state index in [0.717, 1.165) is 11.3 Å². The Hall–Kier alpha value is -3.55. The predicted molar refractivity (Wildman–Crippen MR) is 97.4 cm³/mol. The highest BCUT2D eigenvalue weighted by molar-refractivity contribution is 5.88. The van der Waals surface area contributed by atoms with Crippen LogP contribution in [-0.4, -0.2) is 44.5 Å². The maximum absolute atomic E-state index is 12.2. The smallest absolute Gasteiger partial charge is 0.258 e. The fourth-order valence-electron chi connectivity index (χ4n) is 2.51. The number of carbonyl (C=O) groups excluding carboxylic acids is 2. The first-order valence-electron chi connectivity index (χ1n) is 8.42. The maximum atomic E-state index is 12.2. The molecular weight excluding hydrogens is 346 g/mol. The lowest BCUT2D eigenvalue weighted by Crippen LogP contribution is -2.43. The molecule has 0 radical (unpaired) electrons. The summed E-state index contributed by atoms with van der Waals surface area (Å²) >= 11 is 0. The Kier molecular flexibility index (Phi) is 5.88. The second-order valence-corrected chi connectivity index (χ2v) is 5.96. The van der Waals surface area contributed by atoms with Gasteiger partial charge in [-0.25, -0.2) is 4.68 Å². The minimum absolute atomic E-state index is 0.0991. The van der Waals surface area contributed by atoms with Crippen LogP contribution in [0.3, 0.4) is 0 Å². The molecular formula is C19H19N5O3. The molecule has 1 heterocycles. The van der Waals surface area contributed by atoms with Gasteiger partial charge in [0.15, 0.2) is 12.4 Å². The van der Waals surface area contributed by atoms with E-state index in [4.69, 9.17) is 4.74 Å². The standard InChI is InChI=1S/C19H19N5O3/c1-14(25)18(11-15-5-3-2-4-6-15)21-19(26)12-27-17-9-7-16(8-10-17)24-13-20-22-23-24/h2-10,13,18H,11-12H2,1H3,(H,21,26)/t18-/m1/s1. The lowest BCUT2D eigenvalue weighted by Gasteiger charge is -2.16. The first kappa shape index (κ1) is 18.2. The number of carbonyl (C=O) groups is 2. The SMILES string of the molecule is CC(=O)[C@@H](Cc1ccccc1)NC(=O)COc1ccc(-n2cnnn2)cc1. The molecule has 0 saturated carbocycles. The van der Waals surface area contributed by atoms with Gasteiger partial charge in [0.2, 0.25) is 0 Å².